The number of esters is 1. The number of likely N-dealkylation sites (tertiary alicyclic amines) is 2. The van der Waals surface area contributed by atoms with Crippen LogP contribution < -0.4 is 0 Å². The molecule has 0 aliphatic carbocycles. The van der Waals surface area contributed by atoms with Gasteiger partial charge in [-0.15, -0.1) is 0 Å². The number of hydrogen-bond donors (Lipinski definition) is 1. The third-order valence-corrected chi connectivity index (χ3v) is 6.85. The van der Waals surface area contributed by atoms with Crippen molar-refractivity contribution in [3.8, 4) is 0 Å². The normalized spacial score (nSPS) is 25.4. The molecule has 29 heavy (non-hydrogen) atoms. The van der Waals surface area contributed by atoms with Crippen molar-refractivity contribution in [3.63, 3.8) is 0 Å². The first-order chi connectivity index (χ1) is 13.9. The first-order valence-corrected chi connectivity index (χ1v) is 10.7. The van der Waals surface area contributed by atoms with Gasteiger partial charge in [0.25, 0.3) is 0 Å². The molecule has 158 valence electrons. The smallest absolute Gasteiger partial charge is 0.312 e. The first kappa shape index (κ1) is 20.3. The molecule has 3 saturated heterocycles. The van der Waals surface area contributed by atoms with Crippen LogP contribution in [0, 0.1) is 12.3 Å². The molecular weight excluding hydrogens is 370 g/mol. The van der Waals surface area contributed by atoms with Gasteiger partial charge >= 0.3 is 5.97 Å². The number of nitrogens with zero attached hydrogens (tertiary/aromatic N) is 3. The van der Waals surface area contributed by atoms with Crippen molar-refractivity contribution in [3.05, 3.63) is 29.6 Å². The summed E-state index contributed by atoms with van der Waals surface area (Å²) in [5, 5.41) is 9.66. The molecule has 0 saturated carbocycles. The Bertz CT molecular complexity index is 752. The van der Waals surface area contributed by atoms with Crippen LogP contribution in [-0.4, -0.2) is 76.7 Å². The number of hydrogen-bond acceptors (Lipinski definition) is 6. The molecule has 3 aliphatic rings. The SMILES string of the molecule is Cc1cccnc1CC(=O)N1CCC2(CC1)CC(CN1CCC(O)CC1)OC2=O. The number of ether oxygens (including phenoxy) is 1. The van der Waals surface area contributed by atoms with Gasteiger partial charge in [0, 0.05) is 45.3 Å². The van der Waals surface area contributed by atoms with Crippen molar-refractivity contribution in [2.75, 3.05) is 32.7 Å². The van der Waals surface area contributed by atoms with Crippen LogP contribution in [0.3, 0.4) is 0 Å². The quantitative estimate of drug-likeness (QED) is 0.766. The van der Waals surface area contributed by atoms with Crippen LogP contribution in [0.1, 0.15) is 43.4 Å². The molecule has 0 bridgehead atoms. The van der Waals surface area contributed by atoms with Crippen LogP contribution in [0.5, 0.6) is 0 Å². The van der Waals surface area contributed by atoms with Gasteiger partial charge in [0.05, 0.1) is 23.6 Å². The minimum absolute atomic E-state index is 0.0730. The van der Waals surface area contributed by atoms with E-state index in [-0.39, 0.29) is 24.1 Å². The Morgan fingerprint density at radius 1 is 1.28 bits per heavy atom. The van der Waals surface area contributed by atoms with E-state index in [1.54, 1.807) is 6.20 Å². The summed E-state index contributed by atoms with van der Waals surface area (Å²) in [4.78, 5) is 33.9. The minimum Gasteiger partial charge on any atom is -0.461 e. The van der Waals surface area contributed by atoms with E-state index in [0.29, 0.717) is 32.4 Å². The Morgan fingerprint density at radius 2 is 2.00 bits per heavy atom. The molecule has 7 nitrogen and oxygen atoms in total. The van der Waals surface area contributed by atoms with E-state index in [2.05, 4.69) is 9.88 Å². The Labute approximate surface area is 172 Å². The van der Waals surface area contributed by atoms with Crippen LogP contribution in [-0.2, 0) is 20.7 Å². The summed E-state index contributed by atoms with van der Waals surface area (Å²) in [6.45, 7) is 5.64. The number of pyridine rings is 1. The van der Waals surface area contributed by atoms with E-state index in [1.807, 2.05) is 24.0 Å². The zero-order valence-electron chi connectivity index (χ0n) is 17.2. The van der Waals surface area contributed by atoms with E-state index < -0.39 is 5.41 Å². The lowest BCUT2D eigenvalue weighted by Gasteiger charge is -2.36. The zero-order valence-corrected chi connectivity index (χ0v) is 17.2. The number of rotatable bonds is 4. The third kappa shape index (κ3) is 4.46. The van der Waals surface area contributed by atoms with Crippen LogP contribution in [0.4, 0.5) is 0 Å². The minimum atomic E-state index is -0.433. The Kier molecular flexibility index (Phi) is 5.88. The largest absolute Gasteiger partial charge is 0.461 e. The number of amides is 1. The molecule has 1 amide bonds. The van der Waals surface area contributed by atoms with Gasteiger partial charge in [0.1, 0.15) is 6.10 Å². The van der Waals surface area contributed by atoms with E-state index in [1.165, 1.54) is 0 Å². The van der Waals surface area contributed by atoms with Crippen molar-refractivity contribution in [2.45, 2.75) is 57.7 Å². The fourth-order valence-electron chi connectivity index (χ4n) is 4.88. The number of carbonyl (C=O) groups is 2. The standard InChI is InChI=1S/C22H31N3O4/c1-16-3-2-8-23-19(16)13-20(27)25-11-6-22(7-12-25)14-18(29-21(22)28)15-24-9-4-17(26)5-10-24/h2-3,8,17-18,26H,4-7,9-15H2,1H3. The molecule has 1 aromatic heterocycles. The lowest BCUT2D eigenvalue weighted by molar-refractivity contribution is -0.153. The lowest BCUT2D eigenvalue weighted by atomic mass is 9.76. The molecule has 7 heteroatoms. The van der Waals surface area contributed by atoms with Crippen molar-refractivity contribution < 1.29 is 19.4 Å². The highest BCUT2D eigenvalue weighted by molar-refractivity contribution is 5.81. The fourth-order valence-corrected chi connectivity index (χ4v) is 4.88. The molecule has 4 rings (SSSR count). The summed E-state index contributed by atoms with van der Waals surface area (Å²) in [5.41, 5.74) is 1.42. The summed E-state index contributed by atoms with van der Waals surface area (Å²) in [5.74, 6) is -0.0105. The number of cyclic esters (lactones) is 1. The zero-order chi connectivity index (χ0) is 20.4. The van der Waals surface area contributed by atoms with Crippen LogP contribution >= 0.6 is 0 Å². The molecule has 1 aromatic rings. The Balaban J connectivity index is 1.29. The van der Waals surface area contributed by atoms with Crippen molar-refractivity contribution in [1.82, 2.24) is 14.8 Å². The topological polar surface area (TPSA) is 83.0 Å². The predicted molar refractivity (Wildman–Crippen MR) is 107 cm³/mol. The van der Waals surface area contributed by atoms with Gasteiger partial charge < -0.3 is 14.7 Å². The van der Waals surface area contributed by atoms with E-state index in [0.717, 1.165) is 50.2 Å². The summed E-state index contributed by atoms with van der Waals surface area (Å²) >= 11 is 0. The molecule has 0 aromatic carbocycles. The van der Waals surface area contributed by atoms with Crippen molar-refractivity contribution >= 4 is 11.9 Å². The average Bonchev–Trinajstić information content (AvgIpc) is 3.00. The summed E-state index contributed by atoms with van der Waals surface area (Å²) in [6, 6.07) is 3.85. The molecule has 3 fully saturated rings. The second-order valence-electron chi connectivity index (χ2n) is 8.87. The first-order valence-electron chi connectivity index (χ1n) is 10.7. The fraction of sp³-hybridized carbons (Fsp3) is 0.682. The molecular formula is C22H31N3O4. The number of carbonyl (C=O) groups excluding carboxylic acids is 2. The van der Waals surface area contributed by atoms with E-state index in [4.69, 9.17) is 4.74 Å². The second kappa shape index (κ2) is 8.40. The summed E-state index contributed by atoms with van der Waals surface area (Å²) in [6.07, 6.45) is 5.44. The van der Waals surface area contributed by atoms with Crippen molar-refractivity contribution in [1.29, 1.82) is 0 Å². The summed E-state index contributed by atoms with van der Waals surface area (Å²) in [7, 11) is 0. The Morgan fingerprint density at radius 3 is 2.69 bits per heavy atom. The van der Waals surface area contributed by atoms with Crippen LogP contribution in [0.25, 0.3) is 0 Å². The monoisotopic (exact) mass is 401 g/mol. The molecule has 1 atom stereocenters. The van der Waals surface area contributed by atoms with Crippen LogP contribution in [0.2, 0.25) is 0 Å². The van der Waals surface area contributed by atoms with E-state index in [9.17, 15) is 14.7 Å². The highest BCUT2D eigenvalue weighted by atomic mass is 16.6. The maximum absolute atomic E-state index is 12.7. The summed E-state index contributed by atoms with van der Waals surface area (Å²) < 4.78 is 5.73. The number of piperidine rings is 2. The number of aromatic nitrogens is 1. The molecule has 1 N–H and O–H groups in total. The van der Waals surface area contributed by atoms with E-state index >= 15 is 0 Å². The third-order valence-electron chi connectivity index (χ3n) is 6.85. The van der Waals surface area contributed by atoms with Gasteiger partial charge in [-0.1, -0.05) is 6.07 Å². The van der Waals surface area contributed by atoms with Gasteiger partial charge in [0.2, 0.25) is 5.91 Å². The van der Waals surface area contributed by atoms with Gasteiger partial charge in [-0.05, 0) is 44.2 Å². The molecule has 4 heterocycles. The molecule has 1 spiro atoms. The van der Waals surface area contributed by atoms with Gasteiger partial charge in [-0.25, -0.2) is 0 Å². The molecule has 0 radical (unpaired) electrons. The van der Waals surface area contributed by atoms with Gasteiger partial charge in [0.15, 0.2) is 0 Å². The number of aliphatic hydroxyl groups is 1. The maximum Gasteiger partial charge on any atom is 0.312 e. The van der Waals surface area contributed by atoms with Crippen LogP contribution in [0.15, 0.2) is 18.3 Å². The number of aliphatic hydroxyl groups excluding tert-OH is 1. The molecule has 3 aliphatic heterocycles. The lowest BCUT2D eigenvalue weighted by Crippen LogP contribution is -2.45. The predicted octanol–water partition coefficient (Wildman–Crippen LogP) is 1.31. The maximum atomic E-state index is 12.7. The second-order valence-corrected chi connectivity index (χ2v) is 8.87. The van der Waals surface area contributed by atoms with Gasteiger partial charge in [-0.3, -0.25) is 19.5 Å². The molecule has 1 unspecified atom stereocenters. The highest BCUT2D eigenvalue weighted by Gasteiger charge is 2.51. The number of aryl methyl sites for hydroxylation is 1. The Hall–Kier alpha value is -1.99. The highest BCUT2D eigenvalue weighted by Crippen LogP contribution is 2.43. The van der Waals surface area contributed by atoms with Gasteiger partial charge in [-0.2, -0.15) is 0 Å². The average molecular weight is 402 g/mol. The van der Waals surface area contributed by atoms with Crippen molar-refractivity contribution in [2.24, 2.45) is 5.41 Å².